The first-order chi connectivity index (χ1) is 20.9. The molecule has 3 aliphatic carbocycles. The number of nitrogens with zero attached hydrogens (tertiary/aromatic N) is 3. The lowest BCUT2D eigenvalue weighted by Gasteiger charge is -2.58. The Morgan fingerprint density at radius 3 is 2.77 bits per heavy atom. The molecule has 12 heteroatoms. The van der Waals surface area contributed by atoms with Crippen LogP contribution in [0.2, 0.25) is 0 Å². The number of nitrogens with one attached hydrogen (secondary N) is 2. The highest BCUT2D eigenvalue weighted by Crippen LogP contribution is 2.64. The molecule has 3 aromatic heterocycles. The number of pyridine rings is 2. The Bertz CT molecular complexity index is 1710. The normalized spacial score (nSPS) is 31.4. The molecule has 232 valence electrons. The highest BCUT2D eigenvalue weighted by molar-refractivity contribution is 9.10. The molecule has 4 heterocycles. The van der Waals surface area contributed by atoms with Gasteiger partial charge in [-0.15, -0.1) is 13.2 Å². The zero-order chi connectivity index (χ0) is 31.0. The van der Waals surface area contributed by atoms with Crippen molar-refractivity contribution in [2.45, 2.75) is 58.7 Å². The van der Waals surface area contributed by atoms with Crippen molar-refractivity contribution < 1.29 is 27.5 Å². The van der Waals surface area contributed by atoms with E-state index in [9.17, 15) is 22.8 Å². The highest BCUT2D eigenvalue weighted by atomic mass is 79.9. The van der Waals surface area contributed by atoms with Gasteiger partial charge in [-0.1, -0.05) is 13.8 Å². The molecule has 1 aliphatic heterocycles. The summed E-state index contributed by atoms with van der Waals surface area (Å²) in [4.78, 5) is 34.5. The molecule has 8 nitrogen and oxygen atoms in total. The second kappa shape index (κ2) is 10.3. The van der Waals surface area contributed by atoms with Crippen LogP contribution in [0.3, 0.4) is 0 Å². The zero-order valence-electron chi connectivity index (χ0n) is 24.4. The number of rotatable bonds is 4. The molecule has 4 aliphatic rings. The number of hydrogen-bond donors (Lipinski definition) is 2. The van der Waals surface area contributed by atoms with Crippen molar-refractivity contribution in [3.63, 3.8) is 0 Å². The quantitative estimate of drug-likeness (QED) is 0.312. The van der Waals surface area contributed by atoms with Crippen molar-refractivity contribution in [2.24, 2.45) is 34.5 Å². The van der Waals surface area contributed by atoms with Gasteiger partial charge in [0.15, 0.2) is 5.78 Å². The molecule has 1 amide bonds. The molecule has 0 spiro atoms. The monoisotopic (exact) mass is 671 g/mol. The first kappa shape index (κ1) is 29.3. The molecule has 0 radical (unpaired) electrons. The van der Waals surface area contributed by atoms with Gasteiger partial charge in [0, 0.05) is 58.3 Å². The minimum absolute atomic E-state index is 0.0766. The van der Waals surface area contributed by atoms with Gasteiger partial charge >= 0.3 is 6.36 Å². The number of ether oxygens (including phenoxy) is 1. The lowest BCUT2D eigenvalue weighted by Crippen LogP contribution is -2.57. The highest BCUT2D eigenvalue weighted by Gasteiger charge is 2.60. The first-order valence-electron chi connectivity index (χ1n) is 15.1. The predicted molar refractivity (Wildman–Crippen MR) is 161 cm³/mol. The third-order valence-electron chi connectivity index (χ3n) is 11.0. The maximum absolute atomic E-state index is 13.8. The summed E-state index contributed by atoms with van der Waals surface area (Å²) in [6, 6.07) is 6.58. The van der Waals surface area contributed by atoms with Crippen LogP contribution in [0.1, 0.15) is 52.4 Å². The molecule has 7 rings (SSSR count). The van der Waals surface area contributed by atoms with E-state index in [1.807, 2.05) is 6.07 Å². The van der Waals surface area contributed by atoms with E-state index in [1.54, 1.807) is 35.2 Å². The van der Waals surface area contributed by atoms with E-state index in [0.29, 0.717) is 36.2 Å². The SMILES string of the molecule is C[C@]12CCC3C(CNC4=CC(=O)CC[C@@]43C)C1CCC2C(=O)Nc1ccc(-n2ccc3cc(Br)cnc32)nc1OC(F)(F)F. The van der Waals surface area contributed by atoms with Crippen LogP contribution in [0, 0.1) is 34.5 Å². The number of aromatic nitrogens is 3. The van der Waals surface area contributed by atoms with Gasteiger partial charge in [0.1, 0.15) is 17.2 Å². The van der Waals surface area contributed by atoms with Gasteiger partial charge < -0.3 is 15.4 Å². The average Bonchev–Trinajstić information content (AvgIpc) is 3.54. The maximum Gasteiger partial charge on any atom is 0.574 e. The van der Waals surface area contributed by atoms with Crippen molar-refractivity contribution in [1.29, 1.82) is 0 Å². The second-order valence-electron chi connectivity index (χ2n) is 13.2. The Labute approximate surface area is 261 Å². The minimum Gasteiger partial charge on any atom is -0.387 e. The molecule has 0 bridgehead atoms. The smallest absolute Gasteiger partial charge is 0.387 e. The average molecular weight is 673 g/mol. The van der Waals surface area contributed by atoms with Crippen LogP contribution >= 0.6 is 15.9 Å². The van der Waals surface area contributed by atoms with Gasteiger partial charge in [-0.3, -0.25) is 14.2 Å². The van der Waals surface area contributed by atoms with Gasteiger partial charge in [0.05, 0.1) is 0 Å². The molecule has 2 saturated carbocycles. The van der Waals surface area contributed by atoms with Crippen LogP contribution in [0.5, 0.6) is 5.88 Å². The summed E-state index contributed by atoms with van der Waals surface area (Å²) in [5, 5.41) is 7.10. The van der Waals surface area contributed by atoms with E-state index in [1.165, 1.54) is 6.07 Å². The summed E-state index contributed by atoms with van der Waals surface area (Å²) in [6.45, 7) is 5.20. The summed E-state index contributed by atoms with van der Waals surface area (Å²) in [5.41, 5.74) is 1.07. The summed E-state index contributed by atoms with van der Waals surface area (Å²) >= 11 is 3.37. The topological polar surface area (TPSA) is 98.1 Å². The zero-order valence-corrected chi connectivity index (χ0v) is 26.0. The fourth-order valence-corrected chi connectivity index (χ4v) is 9.17. The molecular formula is C32H33BrF3N5O3. The van der Waals surface area contributed by atoms with Crippen molar-refractivity contribution in [1.82, 2.24) is 19.9 Å². The van der Waals surface area contributed by atoms with E-state index in [4.69, 9.17) is 0 Å². The Morgan fingerprint density at radius 1 is 1.16 bits per heavy atom. The fourth-order valence-electron chi connectivity index (χ4n) is 8.82. The Balaban J connectivity index is 1.14. The van der Waals surface area contributed by atoms with Crippen molar-refractivity contribution >= 4 is 44.3 Å². The molecule has 6 atom stereocenters. The third kappa shape index (κ3) is 4.80. The van der Waals surface area contributed by atoms with Crippen molar-refractivity contribution in [3.05, 3.63) is 52.9 Å². The van der Waals surface area contributed by atoms with Gasteiger partial charge in [-0.25, -0.2) is 4.98 Å². The molecule has 3 aromatic rings. The lowest BCUT2D eigenvalue weighted by atomic mass is 9.50. The van der Waals surface area contributed by atoms with Crippen LogP contribution in [-0.4, -0.2) is 39.1 Å². The Morgan fingerprint density at radius 2 is 1.98 bits per heavy atom. The van der Waals surface area contributed by atoms with Crippen molar-refractivity contribution in [3.8, 4) is 11.7 Å². The molecule has 2 N–H and O–H groups in total. The number of alkyl halides is 3. The third-order valence-corrected chi connectivity index (χ3v) is 11.4. The lowest BCUT2D eigenvalue weighted by molar-refractivity contribution is -0.275. The number of anilines is 1. The molecule has 0 aromatic carbocycles. The van der Waals surface area contributed by atoms with Gasteiger partial charge in [0.2, 0.25) is 11.8 Å². The first-order valence-corrected chi connectivity index (χ1v) is 15.8. The fraction of sp³-hybridized carbons (Fsp3) is 0.500. The summed E-state index contributed by atoms with van der Waals surface area (Å²) in [5.74, 6) is 0.0266. The van der Waals surface area contributed by atoms with E-state index in [2.05, 4.69) is 55.1 Å². The number of hydrogen-bond acceptors (Lipinski definition) is 6. The summed E-state index contributed by atoms with van der Waals surface area (Å²) in [6.07, 6.45) is 4.76. The number of halogens is 4. The standard InChI is InChI=1S/C32H33BrF3N5O3/c1-30-11-8-22-20(16-37-25-14-19(42)7-10-31(22,25)2)21(30)3-4-23(30)28(43)39-24-5-6-26(40-29(24)44-32(34,35)36)41-12-9-17-13-18(33)15-38-27(17)41/h5-6,9,12-15,20-23,37H,3-4,7-8,10-11,16H2,1-2H3,(H,39,43)/t20?,21?,22?,23?,30-,31+/m0/s1. The Hall–Kier alpha value is -3.41. The summed E-state index contributed by atoms with van der Waals surface area (Å²) < 4.78 is 47.2. The van der Waals surface area contributed by atoms with E-state index in [0.717, 1.165) is 47.8 Å². The molecule has 1 saturated heterocycles. The van der Waals surface area contributed by atoms with E-state index < -0.39 is 12.2 Å². The number of fused-ring (bicyclic) bond motifs is 6. The predicted octanol–water partition coefficient (Wildman–Crippen LogP) is 6.94. The van der Waals surface area contributed by atoms with E-state index in [-0.39, 0.29) is 39.9 Å². The number of carbonyl (C=O) groups excluding carboxylic acids is 2. The molecule has 4 unspecified atom stereocenters. The minimum atomic E-state index is -5.00. The second-order valence-corrected chi connectivity index (χ2v) is 14.1. The summed E-state index contributed by atoms with van der Waals surface area (Å²) in [7, 11) is 0. The number of ketones is 1. The Kier molecular flexibility index (Phi) is 6.87. The van der Waals surface area contributed by atoms with Gasteiger partial charge in [0.25, 0.3) is 0 Å². The number of allylic oxidation sites excluding steroid dienone is 2. The van der Waals surface area contributed by atoms with Crippen LogP contribution in [0.25, 0.3) is 16.9 Å². The van der Waals surface area contributed by atoms with Crippen LogP contribution < -0.4 is 15.4 Å². The number of piperidine rings is 1. The largest absolute Gasteiger partial charge is 0.574 e. The molecule has 3 fully saturated rings. The van der Waals surface area contributed by atoms with Crippen LogP contribution in [0.15, 0.2) is 52.9 Å². The van der Waals surface area contributed by atoms with Crippen LogP contribution in [0.4, 0.5) is 18.9 Å². The van der Waals surface area contributed by atoms with Crippen LogP contribution in [-0.2, 0) is 9.59 Å². The number of amides is 1. The number of carbonyl (C=O) groups is 2. The van der Waals surface area contributed by atoms with Gasteiger partial charge in [-0.05, 0) is 95.5 Å². The van der Waals surface area contributed by atoms with Gasteiger partial charge in [-0.2, -0.15) is 4.98 Å². The maximum atomic E-state index is 13.8. The van der Waals surface area contributed by atoms with E-state index >= 15 is 0 Å². The molecule has 44 heavy (non-hydrogen) atoms. The molecular weight excluding hydrogens is 639 g/mol. The van der Waals surface area contributed by atoms with Crippen molar-refractivity contribution in [2.75, 3.05) is 11.9 Å².